The zero-order valence-corrected chi connectivity index (χ0v) is 19.1. The molecular weight excluding hydrogens is 414 g/mol. The number of ether oxygens (including phenoxy) is 1. The molecule has 6 heteroatoms. The van der Waals surface area contributed by atoms with Gasteiger partial charge in [-0.05, 0) is 66.8 Å². The zero-order chi connectivity index (χ0) is 23.0. The number of fused-ring (bicyclic) bond motifs is 1. The van der Waals surface area contributed by atoms with Gasteiger partial charge in [0.2, 0.25) is 0 Å². The van der Waals surface area contributed by atoms with E-state index in [-0.39, 0.29) is 24.6 Å². The molecule has 3 amide bonds. The second-order valence-corrected chi connectivity index (χ2v) is 8.96. The summed E-state index contributed by atoms with van der Waals surface area (Å²) in [6, 6.07) is 21.9. The van der Waals surface area contributed by atoms with Crippen LogP contribution in [-0.4, -0.2) is 41.6 Å². The van der Waals surface area contributed by atoms with Crippen LogP contribution in [0.25, 0.3) is 10.8 Å². The summed E-state index contributed by atoms with van der Waals surface area (Å²) in [4.78, 5) is 30.0. The lowest BCUT2D eigenvalue weighted by Gasteiger charge is -2.29. The Kier molecular flexibility index (Phi) is 5.54. The normalized spacial score (nSPS) is 23.3. The third-order valence-corrected chi connectivity index (χ3v) is 6.86. The second-order valence-electron chi connectivity index (χ2n) is 8.96. The smallest absolute Gasteiger partial charge is 0.326 e. The Morgan fingerprint density at radius 2 is 1.79 bits per heavy atom. The predicted molar refractivity (Wildman–Crippen MR) is 128 cm³/mol. The Morgan fingerprint density at radius 1 is 1.03 bits per heavy atom. The Labute approximate surface area is 194 Å². The molecule has 3 aromatic carbocycles. The fraction of sp³-hybridized carbons (Fsp3) is 0.333. The summed E-state index contributed by atoms with van der Waals surface area (Å²) in [6.45, 7) is 5.53. The summed E-state index contributed by atoms with van der Waals surface area (Å²) in [5.74, 6) is 0.645. The van der Waals surface area contributed by atoms with Gasteiger partial charge in [0.1, 0.15) is 11.3 Å². The maximum atomic E-state index is 13.5. The van der Waals surface area contributed by atoms with E-state index in [0.29, 0.717) is 6.61 Å². The predicted octanol–water partition coefficient (Wildman–Crippen LogP) is 4.80. The SMILES string of the molecule is CCOc1ccc(C2CCCN2CN2C(=O)NC(C)(c3ccc4ccccc4c3)C2=O)cc1. The molecule has 6 nitrogen and oxygen atoms in total. The van der Waals surface area contributed by atoms with Crippen LogP contribution >= 0.6 is 0 Å². The van der Waals surface area contributed by atoms with Crippen LogP contribution in [0.4, 0.5) is 4.79 Å². The number of likely N-dealkylation sites (tertiary alicyclic amines) is 1. The second kappa shape index (κ2) is 8.52. The standard InChI is InChI=1S/C27H29N3O3/c1-3-33-23-14-11-20(12-15-23)24-9-6-16-29(24)18-30-25(31)27(2,28-26(30)32)22-13-10-19-7-4-5-8-21(19)17-22/h4-5,7-8,10-15,17,24H,3,6,9,16,18H2,1-2H3,(H,28,32). The summed E-state index contributed by atoms with van der Waals surface area (Å²) < 4.78 is 5.56. The Morgan fingerprint density at radius 3 is 2.55 bits per heavy atom. The van der Waals surface area contributed by atoms with E-state index in [1.807, 2.05) is 61.5 Å². The molecule has 170 valence electrons. The first-order valence-corrected chi connectivity index (χ1v) is 11.6. The van der Waals surface area contributed by atoms with Gasteiger partial charge >= 0.3 is 6.03 Å². The van der Waals surface area contributed by atoms with Crippen molar-refractivity contribution >= 4 is 22.7 Å². The van der Waals surface area contributed by atoms with Crippen molar-refractivity contribution in [3.63, 3.8) is 0 Å². The summed E-state index contributed by atoms with van der Waals surface area (Å²) >= 11 is 0. The number of rotatable bonds is 6. The summed E-state index contributed by atoms with van der Waals surface area (Å²) in [7, 11) is 0. The highest BCUT2D eigenvalue weighted by Gasteiger charge is 2.50. The lowest BCUT2D eigenvalue weighted by Crippen LogP contribution is -2.43. The topological polar surface area (TPSA) is 61.9 Å². The molecule has 2 atom stereocenters. The van der Waals surface area contributed by atoms with E-state index in [1.54, 1.807) is 6.92 Å². The van der Waals surface area contributed by atoms with Gasteiger partial charge in [-0.1, -0.05) is 48.5 Å². The van der Waals surface area contributed by atoms with Gasteiger partial charge in [-0.25, -0.2) is 9.69 Å². The highest BCUT2D eigenvalue weighted by Crippen LogP contribution is 2.35. The van der Waals surface area contributed by atoms with Gasteiger partial charge in [0.25, 0.3) is 5.91 Å². The molecule has 0 bridgehead atoms. The molecule has 2 aliphatic rings. The van der Waals surface area contributed by atoms with Crippen LogP contribution in [0.3, 0.4) is 0 Å². The maximum Gasteiger partial charge on any atom is 0.326 e. The number of benzene rings is 3. The number of carbonyl (C=O) groups excluding carboxylic acids is 2. The van der Waals surface area contributed by atoms with Gasteiger partial charge < -0.3 is 10.1 Å². The first kappa shape index (κ1) is 21.5. The van der Waals surface area contributed by atoms with Gasteiger partial charge in [0.15, 0.2) is 0 Å². The summed E-state index contributed by atoms with van der Waals surface area (Å²) in [5, 5.41) is 5.11. The number of urea groups is 1. The molecule has 1 N–H and O–H groups in total. The lowest BCUT2D eigenvalue weighted by molar-refractivity contribution is -0.132. The number of nitrogens with one attached hydrogen (secondary N) is 1. The molecule has 0 saturated carbocycles. The molecule has 2 unspecified atom stereocenters. The van der Waals surface area contributed by atoms with Crippen LogP contribution in [0.15, 0.2) is 66.7 Å². The molecule has 0 radical (unpaired) electrons. The third kappa shape index (κ3) is 3.85. The average molecular weight is 444 g/mol. The van der Waals surface area contributed by atoms with Crippen molar-refractivity contribution in [2.24, 2.45) is 0 Å². The molecule has 33 heavy (non-hydrogen) atoms. The molecule has 5 rings (SSSR count). The van der Waals surface area contributed by atoms with Crippen LogP contribution in [0.1, 0.15) is 43.9 Å². The van der Waals surface area contributed by atoms with E-state index >= 15 is 0 Å². The van der Waals surface area contributed by atoms with Gasteiger partial charge in [-0.15, -0.1) is 0 Å². The maximum absolute atomic E-state index is 13.5. The van der Waals surface area contributed by atoms with E-state index < -0.39 is 5.54 Å². The number of amides is 3. The fourth-order valence-corrected chi connectivity index (χ4v) is 5.03. The Bertz CT molecular complexity index is 1190. The first-order valence-electron chi connectivity index (χ1n) is 11.6. The monoisotopic (exact) mass is 443 g/mol. The lowest BCUT2D eigenvalue weighted by atomic mass is 9.90. The highest BCUT2D eigenvalue weighted by atomic mass is 16.5. The molecule has 2 aliphatic heterocycles. The van der Waals surface area contributed by atoms with Crippen LogP contribution < -0.4 is 10.1 Å². The molecule has 2 heterocycles. The molecule has 0 spiro atoms. The largest absolute Gasteiger partial charge is 0.494 e. The molecule has 3 aromatic rings. The van der Waals surface area contributed by atoms with E-state index in [9.17, 15) is 9.59 Å². The average Bonchev–Trinajstić information content (AvgIpc) is 3.38. The van der Waals surface area contributed by atoms with Crippen molar-refractivity contribution in [2.75, 3.05) is 19.8 Å². The van der Waals surface area contributed by atoms with E-state index in [2.05, 4.69) is 22.3 Å². The van der Waals surface area contributed by atoms with Crippen molar-refractivity contribution in [2.45, 2.75) is 38.3 Å². The van der Waals surface area contributed by atoms with Crippen molar-refractivity contribution in [3.8, 4) is 5.75 Å². The third-order valence-electron chi connectivity index (χ3n) is 6.86. The number of imide groups is 1. The number of hydrogen-bond acceptors (Lipinski definition) is 4. The number of carbonyl (C=O) groups is 2. The summed E-state index contributed by atoms with van der Waals surface area (Å²) in [6.07, 6.45) is 2.03. The molecular formula is C27H29N3O3. The van der Waals surface area contributed by atoms with Crippen molar-refractivity contribution in [1.29, 1.82) is 0 Å². The minimum absolute atomic E-state index is 0.175. The van der Waals surface area contributed by atoms with Crippen molar-refractivity contribution < 1.29 is 14.3 Å². The highest BCUT2D eigenvalue weighted by molar-refractivity contribution is 6.07. The van der Waals surface area contributed by atoms with Crippen LogP contribution in [0.2, 0.25) is 0 Å². The van der Waals surface area contributed by atoms with Crippen LogP contribution in [0, 0.1) is 0 Å². The molecule has 2 saturated heterocycles. The van der Waals surface area contributed by atoms with Gasteiger partial charge in [-0.2, -0.15) is 0 Å². The minimum atomic E-state index is -1.07. The zero-order valence-electron chi connectivity index (χ0n) is 19.1. The van der Waals surface area contributed by atoms with Crippen molar-refractivity contribution in [3.05, 3.63) is 77.9 Å². The van der Waals surface area contributed by atoms with E-state index in [1.165, 1.54) is 10.5 Å². The molecule has 0 aliphatic carbocycles. The summed E-state index contributed by atoms with van der Waals surface area (Å²) in [5.41, 5.74) is 0.905. The Hall–Kier alpha value is -3.38. The van der Waals surface area contributed by atoms with Crippen LogP contribution in [0.5, 0.6) is 5.75 Å². The van der Waals surface area contributed by atoms with E-state index in [4.69, 9.17) is 4.74 Å². The minimum Gasteiger partial charge on any atom is -0.494 e. The molecule has 2 fully saturated rings. The molecule has 0 aromatic heterocycles. The van der Waals surface area contributed by atoms with E-state index in [0.717, 1.165) is 41.5 Å². The van der Waals surface area contributed by atoms with Gasteiger partial charge in [-0.3, -0.25) is 9.69 Å². The van der Waals surface area contributed by atoms with Crippen molar-refractivity contribution in [1.82, 2.24) is 15.1 Å². The Balaban J connectivity index is 1.36. The quantitative estimate of drug-likeness (QED) is 0.556. The number of hydrogen-bond donors (Lipinski definition) is 1. The first-order chi connectivity index (χ1) is 16.0. The van der Waals surface area contributed by atoms with Crippen LogP contribution in [-0.2, 0) is 10.3 Å². The van der Waals surface area contributed by atoms with Gasteiger partial charge in [0.05, 0.1) is 13.3 Å². The number of nitrogens with zero attached hydrogens (tertiary/aromatic N) is 2. The van der Waals surface area contributed by atoms with Gasteiger partial charge in [0, 0.05) is 12.6 Å². The fourth-order valence-electron chi connectivity index (χ4n) is 5.03.